The lowest BCUT2D eigenvalue weighted by Gasteiger charge is -2.25. The first-order valence-corrected chi connectivity index (χ1v) is 17.1. The van der Waals surface area contributed by atoms with Crippen molar-refractivity contribution >= 4 is 41.5 Å². The van der Waals surface area contributed by atoms with Crippen molar-refractivity contribution in [1.29, 1.82) is 0 Å². The fraction of sp³-hybridized carbons (Fsp3) is 0.500. The van der Waals surface area contributed by atoms with E-state index in [2.05, 4.69) is 41.0 Å². The lowest BCUT2D eigenvalue weighted by Crippen LogP contribution is -2.51. The van der Waals surface area contributed by atoms with Crippen LogP contribution in [0.5, 0.6) is 0 Å². The number of hydrogen-bond acceptors (Lipinski definition) is 12. The molecule has 0 unspecified atom stereocenters. The van der Waals surface area contributed by atoms with E-state index in [1.807, 2.05) is 23.1 Å². The lowest BCUT2D eigenvalue weighted by molar-refractivity contribution is -0.139. The van der Waals surface area contributed by atoms with Gasteiger partial charge in [-0.3, -0.25) is 38.9 Å². The monoisotopic (exact) mass is 741 g/mol. The Morgan fingerprint density at radius 1 is 0.717 bits per heavy atom. The molecule has 0 aromatic carbocycles. The Hall–Kier alpha value is -5.53. The van der Waals surface area contributed by atoms with E-state index in [4.69, 9.17) is 5.11 Å². The van der Waals surface area contributed by atoms with Crippen LogP contribution in [0.4, 0.5) is 4.79 Å². The van der Waals surface area contributed by atoms with E-state index in [1.165, 1.54) is 13.0 Å². The smallest absolute Gasteiger partial charge is 0.354 e. The van der Waals surface area contributed by atoms with Crippen LogP contribution in [-0.4, -0.2) is 146 Å². The summed E-state index contributed by atoms with van der Waals surface area (Å²) in [5.41, 5.74) is 1.48. The number of aliphatic carboxylic acids is 2. The van der Waals surface area contributed by atoms with E-state index in [1.54, 1.807) is 18.3 Å². The third-order valence-corrected chi connectivity index (χ3v) is 8.37. The van der Waals surface area contributed by atoms with Crippen molar-refractivity contribution < 1.29 is 48.9 Å². The van der Waals surface area contributed by atoms with Gasteiger partial charge in [0.2, 0.25) is 11.8 Å². The summed E-state index contributed by atoms with van der Waals surface area (Å²) < 4.78 is 0. The standard InChI is InChI=1S/C34H47N9O10/c1-23(44)26(9-11-31(47)48)39-34(53)40-28(33(51)52)8-10-29(45)36-22-37-30(46)21-43-17-15-41(19-24-5-2-3-12-35-24)13-14-42(16-18-43)20-25-6-4-7-27(38-25)32(49)50/h2-7,12,26,28H,8-11,13-22H2,1H3,(H,36,45)(H,37,46)(H,47,48)(H,49,50)(H,51,52)(H2,39,40,53)/t26-,28-/m0/s1. The summed E-state index contributed by atoms with van der Waals surface area (Å²) in [5, 5.41) is 37.3. The maximum absolute atomic E-state index is 12.9. The highest BCUT2D eigenvalue weighted by Gasteiger charge is 2.25. The molecule has 288 valence electrons. The van der Waals surface area contributed by atoms with Crippen LogP contribution in [0.15, 0.2) is 42.6 Å². The molecule has 0 saturated carbocycles. The lowest BCUT2D eigenvalue weighted by atomic mass is 10.1. The molecule has 1 saturated heterocycles. The zero-order chi connectivity index (χ0) is 38.8. The molecule has 2 atom stereocenters. The topological polar surface area (TPSA) is 264 Å². The van der Waals surface area contributed by atoms with Crippen LogP contribution in [-0.2, 0) is 37.1 Å². The maximum atomic E-state index is 12.9. The highest BCUT2D eigenvalue weighted by atomic mass is 16.4. The number of Topliss-reactive ketones (excluding diaryl/α,β-unsaturated/α-hetero) is 1. The van der Waals surface area contributed by atoms with Gasteiger partial charge in [0.25, 0.3) is 0 Å². The van der Waals surface area contributed by atoms with Gasteiger partial charge in [-0.15, -0.1) is 0 Å². The predicted molar refractivity (Wildman–Crippen MR) is 187 cm³/mol. The van der Waals surface area contributed by atoms with Gasteiger partial charge < -0.3 is 36.6 Å². The Morgan fingerprint density at radius 2 is 1.30 bits per heavy atom. The Balaban J connectivity index is 1.50. The predicted octanol–water partition coefficient (Wildman–Crippen LogP) is -0.660. The maximum Gasteiger partial charge on any atom is 0.354 e. The number of aromatic carboxylic acids is 1. The van der Waals surface area contributed by atoms with Gasteiger partial charge in [0.15, 0.2) is 5.78 Å². The number of carbonyl (C=O) groups is 7. The first-order valence-electron chi connectivity index (χ1n) is 17.1. The Kier molecular flexibility index (Phi) is 17.2. The van der Waals surface area contributed by atoms with E-state index in [0.29, 0.717) is 58.1 Å². The van der Waals surface area contributed by atoms with Crippen molar-refractivity contribution in [2.75, 3.05) is 52.5 Å². The summed E-state index contributed by atoms with van der Waals surface area (Å²) >= 11 is 0. The van der Waals surface area contributed by atoms with Crippen LogP contribution in [0.2, 0.25) is 0 Å². The summed E-state index contributed by atoms with van der Waals surface area (Å²) in [4.78, 5) is 98.4. The summed E-state index contributed by atoms with van der Waals surface area (Å²) in [7, 11) is 0. The van der Waals surface area contributed by atoms with Crippen LogP contribution >= 0.6 is 0 Å². The van der Waals surface area contributed by atoms with Crippen LogP contribution in [0.25, 0.3) is 0 Å². The third-order valence-electron chi connectivity index (χ3n) is 8.37. The number of carboxylic acid groups (broad SMARTS) is 3. The number of aromatic nitrogens is 2. The average molecular weight is 742 g/mol. The van der Waals surface area contributed by atoms with E-state index >= 15 is 0 Å². The van der Waals surface area contributed by atoms with Crippen LogP contribution in [0.1, 0.15) is 54.5 Å². The number of carboxylic acids is 3. The van der Waals surface area contributed by atoms with Gasteiger partial charge >= 0.3 is 23.9 Å². The Labute approximate surface area is 306 Å². The number of amides is 4. The fourth-order valence-corrected chi connectivity index (χ4v) is 5.42. The summed E-state index contributed by atoms with van der Waals surface area (Å²) in [5.74, 6) is -5.12. The molecule has 19 heteroatoms. The molecular formula is C34H47N9O10. The summed E-state index contributed by atoms with van der Waals surface area (Å²) in [6.07, 6.45) is 0.581. The molecule has 1 fully saturated rings. The van der Waals surface area contributed by atoms with Crippen LogP contribution in [0, 0.1) is 0 Å². The van der Waals surface area contributed by atoms with Gasteiger partial charge in [0.05, 0.1) is 30.6 Å². The van der Waals surface area contributed by atoms with E-state index in [-0.39, 0.29) is 50.5 Å². The number of urea groups is 1. The number of pyridine rings is 2. The average Bonchev–Trinajstić information content (AvgIpc) is 3.19. The van der Waals surface area contributed by atoms with Crippen molar-refractivity contribution in [3.63, 3.8) is 0 Å². The molecule has 2 aromatic rings. The van der Waals surface area contributed by atoms with Gasteiger partial charge in [0, 0.05) is 71.4 Å². The molecule has 1 aliphatic heterocycles. The summed E-state index contributed by atoms with van der Waals surface area (Å²) in [6.45, 7) is 5.69. The van der Waals surface area contributed by atoms with Gasteiger partial charge in [0.1, 0.15) is 11.7 Å². The normalized spacial score (nSPS) is 15.4. The van der Waals surface area contributed by atoms with E-state index < -0.39 is 47.7 Å². The van der Waals surface area contributed by atoms with Crippen molar-refractivity contribution in [3.05, 3.63) is 59.7 Å². The highest BCUT2D eigenvalue weighted by molar-refractivity contribution is 5.89. The highest BCUT2D eigenvalue weighted by Crippen LogP contribution is 2.09. The molecule has 0 spiro atoms. The second-order valence-electron chi connectivity index (χ2n) is 12.5. The molecule has 7 N–H and O–H groups in total. The molecule has 0 aliphatic carbocycles. The number of hydrogen-bond donors (Lipinski definition) is 7. The molecule has 3 rings (SSSR count). The zero-order valence-corrected chi connectivity index (χ0v) is 29.5. The minimum absolute atomic E-state index is 0.0295. The molecule has 4 amide bonds. The number of nitrogens with zero attached hydrogens (tertiary/aromatic N) is 5. The minimum Gasteiger partial charge on any atom is -0.481 e. The Morgan fingerprint density at radius 3 is 1.89 bits per heavy atom. The van der Waals surface area contributed by atoms with Crippen LogP contribution < -0.4 is 21.3 Å². The quantitative estimate of drug-likeness (QED) is 0.0882. The van der Waals surface area contributed by atoms with Crippen molar-refractivity contribution in [2.45, 2.75) is 57.8 Å². The first-order chi connectivity index (χ1) is 25.3. The molecule has 1 aliphatic rings. The third kappa shape index (κ3) is 16.1. The SMILES string of the molecule is CC(=O)[C@H](CCC(=O)O)NC(=O)N[C@@H](CCC(=O)NCNC(=O)CN1CCN(Cc2ccccn2)CCN(Cc2cccc(C(=O)O)n2)CC1)C(=O)O. The Bertz CT molecular complexity index is 1580. The van der Waals surface area contributed by atoms with E-state index in [9.17, 15) is 43.8 Å². The first kappa shape index (κ1) is 41.9. The second-order valence-corrected chi connectivity index (χ2v) is 12.5. The molecule has 3 heterocycles. The number of ketones is 1. The van der Waals surface area contributed by atoms with Crippen molar-refractivity contribution in [1.82, 2.24) is 45.9 Å². The number of carbonyl (C=O) groups excluding carboxylic acids is 4. The fourth-order valence-electron chi connectivity index (χ4n) is 5.42. The molecule has 0 bridgehead atoms. The zero-order valence-electron chi connectivity index (χ0n) is 29.5. The van der Waals surface area contributed by atoms with Gasteiger partial charge in [-0.05, 0) is 44.0 Å². The van der Waals surface area contributed by atoms with Gasteiger partial charge in [-0.1, -0.05) is 12.1 Å². The molecule has 53 heavy (non-hydrogen) atoms. The van der Waals surface area contributed by atoms with Crippen LogP contribution in [0.3, 0.4) is 0 Å². The molecule has 2 aromatic heterocycles. The molecular weight excluding hydrogens is 694 g/mol. The van der Waals surface area contributed by atoms with Crippen molar-refractivity contribution in [2.24, 2.45) is 0 Å². The van der Waals surface area contributed by atoms with Crippen molar-refractivity contribution in [3.8, 4) is 0 Å². The number of rotatable bonds is 19. The summed E-state index contributed by atoms with van der Waals surface area (Å²) in [6, 6.07) is 6.98. The van der Waals surface area contributed by atoms with Gasteiger partial charge in [-0.25, -0.2) is 19.4 Å². The second kappa shape index (κ2) is 21.7. The number of nitrogens with one attached hydrogen (secondary N) is 4. The largest absolute Gasteiger partial charge is 0.481 e. The minimum atomic E-state index is -1.48. The van der Waals surface area contributed by atoms with Gasteiger partial charge in [-0.2, -0.15) is 0 Å². The molecule has 19 nitrogen and oxygen atoms in total. The van der Waals surface area contributed by atoms with E-state index in [0.717, 1.165) is 5.69 Å². The molecule has 0 radical (unpaired) electrons.